The summed E-state index contributed by atoms with van der Waals surface area (Å²) in [6, 6.07) is 4.85. The van der Waals surface area contributed by atoms with E-state index in [1.807, 2.05) is 6.20 Å². The number of likely N-dealkylation sites (tertiary alicyclic amines) is 1. The molecule has 2 aliphatic rings. The quantitative estimate of drug-likeness (QED) is 0.900. The molecule has 0 amide bonds. The van der Waals surface area contributed by atoms with Gasteiger partial charge in [0.1, 0.15) is 0 Å². The minimum absolute atomic E-state index is 0.106. The molecule has 0 aromatic carbocycles. The van der Waals surface area contributed by atoms with Gasteiger partial charge in [-0.25, -0.2) is 0 Å². The lowest BCUT2D eigenvalue weighted by molar-refractivity contribution is 0.0482. The van der Waals surface area contributed by atoms with Crippen LogP contribution in [0.25, 0.3) is 0 Å². The van der Waals surface area contributed by atoms with E-state index in [2.05, 4.69) is 36.0 Å². The smallest absolute Gasteiger partial charge is 0.0567 e. The van der Waals surface area contributed by atoms with Gasteiger partial charge in [-0.15, -0.1) is 0 Å². The zero-order valence-corrected chi connectivity index (χ0v) is 12.6. The molecule has 1 aromatic heterocycles. The van der Waals surface area contributed by atoms with Gasteiger partial charge in [0, 0.05) is 24.5 Å². The lowest BCUT2D eigenvalue weighted by Gasteiger charge is -2.39. The molecular weight excluding hydrogens is 248 g/mol. The maximum Gasteiger partial charge on any atom is 0.0567 e. The normalized spacial score (nSPS) is 34.8. The van der Waals surface area contributed by atoms with Crippen molar-refractivity contribution in [1.82, 2.24) is 9.88 Å². The molecule has 3 nitrogen and oxygen atoms in total. The molecular formula is C17H26N2O. The molecule has 4 unspecified atom stereocenters. The third kappa shape index (κ3) is 2.89. The molecule has 1 aromatic rings. The van der Waals surface area contributed by atoms with Gasteiger partial charge in [-0.2, -0.15) is 0 Å². The van der Waals surface area contributed by atoms with Crippen LogP contribution in [0.15, 0.2) is 18.3 Å². The first-order valence-corrected chi connectivity index (χ1v) is 7.95. The summed E-state index contributed by atoms with van der Waals surface area (Å²) in [6.07, 6.45) is 7.21. The van der Waals surface area contributed by atoms with Crippen molar-refractivity contribution in [3.05, 3.63) is 29.6 Å². The number of aliphatic hydroxyl groups excluding tert-OH is 1. The molecule has 0 bridgehead atoms. The monoisotopic (exact) mass is 274 g/mol. The van der Waals surface area contributed by atoms with Gasteiger partial charge < -0.3 is 10.0 Å². The highest BCUT2D eigenvalue weighted by Gasteiger charge is 2.31. The third-order valence-electron chi connectivity index (χ3n) is 5.13. The van der Waals surface area contributed by atoms with Crippen LogP contribution < -0.4 is 0 Å². The van der Waals surface area contributed by atoms with Crippen LogP contribution in [-0.2, 0) is 6.42 Å². The van der Waals surface area contributed by atoms with Gasteiger partial charge in [0.05, 0.1) is 6.10 Å². The number of hydrogen-bond donors (Lipinski definition) is 1. The first kappa shape index (κ1) is 14.0. The van der Waals surface area contributed by atoms with Gasteiger partial charge >= 0.3 is 0 Å². The summed E-state index contributed by atoms with van der Waals surface area (Å²) in [4.78, 5) is 7.02. The Kier molecular flexibility index (Phi) is 4.08. The van der Waals surface area contributed by atoms with Crippen molar-refractivity contribution in [2.75, 3.05) is 13.6 Å². The van der Waals surface area contributed by atoms with E-state index in [-0.39, 0.29) is 6.10 Å². The van der Waals surface area contributed by atoms with Gasteiger partial charge in [-0.3, -0.25) is 4.98 Å². The molecule has 4 atom stereocenters. The van der Waals surface area contributed by atoms with Crippen LogP contribution in [0.1, 0.15) is 49.8 Å². The highest BCUT2D eigenvalue weighted by molar-refractivity contribution is 5.27. The highest BCUT2D eigenvalue weighted by Crippen LogP contribution is 2.38. The molecule has 0 spiro atoms. The van der Waals surface area contributed by atoms with Gasteiger partial charge in [-0.1, -0.05) is 13.0 Å². The molecule has 110 valence electrons. The fourth-order valence-electron chi connectivity index (χ4n) is 3.99. The minimum atomic E-state index is -0.106. The molecule has 20 heavy (non-hydrogen) atoms. The standard InChI is InChI=1S/C17H26N2O/c1-12-8-13(16-4-3-6-18-17(16)9-12)10-14-11-15(20)5-7-19(14)2/h3-4,6,12-15,20H,5,7-11H2,1-2H3. The van der Waals surface area contributed by atoms with Crippen LogP contribution in [0.5, 0.6) is 0 Å². The Hall–Kier alpha value is -0.930. The summed E-state index contributed by atoms with van der Waals surface area (Å²) in [7, 11) is 2.20. The highest BCUT2D eigenvalue weighted by atomic mass is 16.3. The Bertz CT molecular complexity index is 462. The molecule has 2 heterocycles. The first-order chi connectivity index (χ1) is 9.63. The Balaban J connectivity index is 1.77. The average molecular weight is 274 g/mol. The zero-order valence-electron chi connectivity index (χ0n) is 12.6. The second-order valence-corrected chi connectivity index (χ2v) is 6.83. The maximum atomic E-state index is 9.94. The van der Waals surface area contributed by atoms with Crippen LogP contribution >= 0.6 is 0 Å². The van der Waals surface area contributed by atoms with E-state index in [9.17, 15) is 5.11 Å². The summed E-state index contributed by atoms with van der Waals surface area (Å²) in [6.45, 7) is 3.36. The lowest BCUT2D eigenvalue weighted by atomic mass is 9.76. The van der Waals surface area contributed by atoms with Crippen molar-refractivity contribution in [3.63, 3.8) is 0 Å². The number of piperidine rings is 1. The largest absolute Gasteiger partial charge is 0.393 e. The molecule has 0 saturated carbocycles. The number of pyridine rings is 1. The van der Waals surface area contributed by atoms with E-state index < -0.39 is 0 Å². The van der Waals surface area contributed by atoms with Gasteiger partial charge in [0.15, 0.2) is 0 Å². The first-order valence-electron chi connectivity index (χ1n) is 7.95. The third-order valence-corrected chi connectivity index (χ3v) is 5.13. The number of aliphatic hydroxyl groups is 1. The number of aromatic nitrogens is 1. The molecule has 0 radical (unpaired) electrons. The fraction of sp³-hybridized carbons (Fsp3) is 0.706. The van der Waals surface area contributed by atoms with Crippen molar-refractivity contribution in [1.29, 1.82) is 0 Å². The predicted octanol–water partition coefficient (Wildman–Crippen LogP) is 2.59. The number of hydrogen-bond acceptors (Lipinski definition) is 3. The minimum Gasteiger partial charge on any atom is -0.393 e. The molecule has 1 N–H and O–H groups in total. The number of fused-ring (bicyclic) bond motifs is 1. The van der Waals surface area contributed by atoms with Crippen LogP contribution in [0, 0.1) is 5.92 Å². The second kappa shape index (κ2) is 5.82. The van der Waals surface area contributed by atoms with Crippen LogP contribution in [-0.4, -0.2) is 40.7 Å². The predicted molar refractivity (Wildman–Crippen MR) is 80.7 cm³/mol. The summed E-state index contributed by atoms with van der Waals surface area (Å²) < 4.78 is 0. The molecule has 3 heteroatoms. The van der Waals surface area contributed by atoms with E-state index in [1.165, 1.54) is 17.7 Å². The van der Waals surface area contributed by atoms with Crippen LogP contribution in [0.2, 0.25) is 0 Å². The van der Waals surface area contributed by atoms with Gasteiger partial charge in [0.2, 0.25) is 0 Å². The van der Waals surface area contributed by atoms with E-state index in [0.717, 1.165) is 38.1 Å². The SMILES string of the molecule is CC1Cc2ncccc2C(CC2CC(O)CCN2C)C1. The Morgan fingerprint density at radius 1 is 1.40 bits per heavy atom. The van der Waals surface area contributed by atoms with Crippen LogP contribution in [0.4, 0.5) is 0 Å². The topological polar surface area (TPSA) is 36.4 Å². The molecule has 1 fully saturated rings. The van der Waals surface area contributed by atoms with Crippen molar-refractivity contribution >= 4 is 0 Å². The number of rotatable bonds is 2. The summed E-state index contributed by atoms with van der Waals surface area (Å²) in [5, 5.41) is 9.94. The molecule has 1 aliphatic heterocycles. The maximum absolute atomic E-state index is 9.94. The fourth-order valence-corrected chi connectivity index (χ4v) is 3.99. The van der Waals surface area contributed by atoms with Crippen molar-refractivity contribution in [2.24, 2.45) is 5.92 Å². The Morgan fingerprint density at radius 2 is 2.25 bits per heavy atom. The molecule has 3 rings (SSSR count). The Labute approximate surface area is 122 Å². The zero-order chi connectivity index (χ0) is 14.1. The molecule has 1 aliphatic carbocycles. The van der Waals surface area contributed by atoms with Crippen molar-refractivity contribution in [2.45, 2.75) is 57.1 Å². The van der Waals surface area contributed by atoms with Crippen LogP contribution in [0.3, 0.4) is 0 Å². The average Bonchev–Trinajstić information content (AvgIpc) is 2.43. The van der Waals surface area contributed by atoms with Crippen molar-refractivity contribution < 1.29 is 5.11 Å². The van der Waals surface area contributed by atoms with Crippen molar-refractivity contribution in [3.8, 4) is 0 Å². The summed E-state index contributed by atoms with van der Waals surface area (Å²) >= 11 is 0. The van der Waals surface area contributed by atoms with E-state index in [1.54, 1.807) is 0 Å². The Morgan fingerprint density at radius 3 is 3.10 bits per heavy atom. The van der Waals surface area contributed by atoms with E-state index in [4.69, 9.17) is 0 Å². The summed E-state index contributed by atoms with van der Waals surface area (Å²) in [5.41, 5.74) is 2.76. The summed E-state index contributed by atoms with van der Waals surface area (Å²) in [5.74, 6) is 1.33. The lowest BCUT2D eigenvalue weighted by Crippen LogP contribution is -2.42. The van der Waals surface area contributed by atoms with E-state index >= 15 is 0 Å². The number of nitrogens with zero attached hydrogens (tertiary/aromatic N) is 2. The van der Waals surface area contributed by atoms with Gasteiger partial charge in [-0.05, 0) is 62.6 Å². The molecule has 1 saturated heterocycles. The second-order valence-electron chi connectivity index (χ2n) is 6.83. The van der Waals surface area contributed by atoms with Gasteiger partial charge in [0.25, 0.3) is 0 Å². The van der Waals surface area contributed by atoms with E-state index in [0.29, 0.717) is 12.0 Å².